The zero-order chi connectivity index (χ0) is 18.2. The Kier molecular flexibility index (Phi) is 6.65. The van der Waals surface area contributed by atoms with Crippen molar-refractivity contribution in [2.75, 3.05) is 20.8 Å². The molecule has 0 heterocycles. The Morgan fingerprint density at radius 1 is 1.24 bits per heavy atom. The van der Waals surface area contributed by atoms with Crippen molar-refractivity contribution < 1.29 is 19.0 Å². The lowest BCUT2D eigenvalue weighted by atomic mass is 10.2. The van der Waals surface area contributed by atoms with Gasteiger partial charge < -0.3 is 14.2 Å². The molecule has 132 valence electrons. The molecule has 0 bridgehead atoms. The van der Waals surface area contributed by atoms with Crippen LogP contribution >= 0.6 is 11.6 Å². The van der Waals surface area contributed by atoms with Crippen LogP contribution in [0.4, 0.5) is 0 Å². The van der Waals surface area contributed by atoms with Crippen LogP contribution in [0.1, 0.15) is 22.8 Å². The van der Waals surface area contributed by atoms with Gasteiger partial charge in [0.25, 0.3) is 5.91 Å². The van der Waals surface area contributed by atoms with Crippen LogP contribution in [-0.2, 0) is 0 Å². The van der Waals surface area contributed by atoms with E-state index in [1.54, 1.807) is 43.5 Å². The summed E-state index contributed by atoms with van der Waals surface area (Å²) in [4.78, 5) is 12.1. The number of hydrazone groups is 1. The van der Waals surface area contributed by atoms with Crippen molar-refractivity contribution in [3.05, 3.63) is 52.5 Å². The minimum Gasteiger partial charge on any atom is -0.497 e. The summed E-state index contributed by atoms with van der Waals surface area (Å²) in [5.41, 5.74) is 3.57. The van der Waals surface area contributed by atoms with Gasteiger partial charge in [0.1, 0.15) is 5.75 Å². The number of carbonyl (C=O) groups excluding carboxylic acids is 1. The Morgan fingerprint density at radius 3 is 2.72 bits per heavy atom. The quantitative estimate of drug-likeness (QED) is 0.604. The predicted molar refractivity (Wildman–Crippen MR) is 97.2 cm³/mol. The van der Waals surface area contributed by atoms with E-state index in [1.807, 2.05) is 6.92 Å². The van der Waals surface area contributed by atoms with E-state index in [-0.39, 0.29) is 5.91 Å². The van der Waals surface area contributed by atoms with E-state index >= 15 is 0 Å². The predicted octanol–water partition coefficient (Wildman–Crippen LogP) is 3.52. The second-order valence-electron chi connectivity index (χ2n) is 4.90. The first-order chi connectivity index (χ1) is 12.1. The monoisotopic (exact) mass is 362 g/mol. The summed E-state index contributed by atoms with van der Waals surface area (Å²) in [7, 11) is 3.06. The van der Waals surface area contributed by atoms with Gasteiger partial charge in [0.2, 0.25) is 0 Å². The summed E-state index contributed by atoms with van der Waals surface area (Å²) in [6.07, 6.45) is 1.48. The van der Waals surface area contributed by atoms with Gasteiger partial charge in [0.15, 0.2) is 11.5 Å². The van der Waals surface area contributed by atoms with Gasteiger partial charge in [-0.15, -0.1) is 0 Å². The fourth-order valence-electron chi connectivity index (χ4n) is 2.12. The van der Waals surface area contributed by atoms with Crippen LogP contribution in [0.15, 0.2) is 41.5 Å². The Hall–Kier alpha value is -2.73. The molecule has 2 aromatic rings. The molecule has 0 saturated heterocycles. The van der Waals surface area contributed by atoms with Gasteiger partial charge in [-0.05, 0) is 42.8 Å². The molecular weight excluding hydrogens is 344 g/mol. The SMILES string of the molecule is CCOc1cc(/C=N/NC(=O)c2cccc(OC)c2)cc(Cl)c1OC. The molecule has 2 aromatic carbocycles. The van der Waals surface area contributed by atoms with Crippen LogP contribution in [-0.4, -0.2) is 32.9 Å². The van der Waals surface area contributed by atoms with Crippen LogP contribution in [0.2, 0.25) is 5.02 Å². The molecular formula is C18H19ClN2O4. The molecule has 0 fully saturated rings. The largest absolute Gasteiger partial charge is 0.497 e. The van der Waals surface area contributed by atoms with E-state index < -0.39 is 0 Å². The minimum absolute atomic E-state index is 0.347. The fourth-order valence-corrected chi connectivity index (χ4v) is 2.41. The first-order valence-corrected chi connectivity index (χ1v) is 7.94. The van der Waals surface area contributed by atoms with E-state index in [4.69, 9.17) is 25.8 Å². The second kappa shape index (κ2) is 8.94. The molecule has 1 amide bonds. The van der Waals surface area contributed by atoms with Crippen LogP contribution in [0.3, 0.4) is 0 Å². The van der Waals surface area contributed by atoms with Crippen LogP contribution in [0.25, 0.3) is 0 Å². The van der Waals surface area contributed by atoms with Crippen molar-refractivity contribution in [3.8, 4) is 17.2 Å². The molecule has 0 saturated carbocycles. The second-order valence-corrected chi connectivity index (χ2v) is 5.31. The molecule has 0 aliphatic rings. The zero-order valence-electron chi connectivity index (χ0n) is 14.2. The van der Waals surface area contributed by atoms with Crippen molar-refractivity contribution in [1.82, 2.24) is 5.43 Å². The maximum Gasteiger partial charge on any atom is 0.271 e. The summed E-state index contributed by atoms with van der Waals surface area (Å²) in [6, 6.07) is 10.2. The molecule has 1 N–H and O–H groups in total. The fraction of sp³-hybridized carbons (Fsp3) is 0.222. The molecule has 0 aromatic heterocycles. The molecule has 6 nitrogen and oxygen atoms in total. The number of carbonyl (C=O) groups is 1. The number of nitrogens with zero attached hydrogens (tertiary/aromatic N) is 1. The third-order valence-corrected chi connectivity index (χ3v) is 3.53. The molecule has 0 aliphatic heterocycles. The number of rotatable bonds is 7. The zero-order valence-corrected chi connectivity index (χ0v) is 15.0. The number of hydrogen-bond acceptors (Lipinski definition) is 5. The standard InChI is InChI=1S/C18H19ClN2O4/c1-4-25-16-9-12(8-15(19)17(16)24-3)11-20-21-18(22)13-6-5-7-14(10-13)23-2/h5-11H,4H2,1-3H3,(H,21,22)/b20-11+. The Balaban J connectivity index is 2.12. The highest BCUT2D eigenvalue weighted by Crippen LogP contribution is 2.35. The van der Waals surface area contributed by atoms with E-state index in [0.29, 0.717) is 40.0 Å². The molecule has 2 rings (SSSR count). The molecule has 0 aliphatic carbocycles. The topological polar surface area (TPSA) is 69.2 Å². The lowest BCUT2D eigenvalue weighted by Gasteiger charge is -2.11. The van der Waals surface area contributed by atoms with E-state index in [2.05, 4.69) is 10.5 Å². The van der Waals surface area contributed by atoms with Gasteiger partial charge in [0.05, 0.1) is 32.1 Å². The number of ether oxygens (including phenoxy) is 3. The smallest absolute Gasteiger partial charge is 0.271 e. The summed E-state index contributed by atoms with van der Waals surface area (Å²) >= 11 is 6.17. The molecule has 25 heavy (non-hydrogen) atoms. The van der Waals surface area contributed by atoms with Crippen LogP contribution in [0.5, 0.6) is 17.2 Å². The van der Waals surface area contributed by atoms with E-state index in [0.717, 1.165) is 0 Å². The van der Waals surface area contributed by atoms with Crippen LogP contribution < -0.4 is 19.6 Å². The number of amides is 1. The Bertz CT molecular complexity index is 778. The number of benzene rings is 2. The number of halogens is 1. The highest BCUT2D eigenvalue weighted by Gasteiger charge is 2.11. The van der Waals surface area contributed by atoms with Gasteiger partial charge >= 0.3 is 0 Å². The van der Waals surface area contributed by atoms with Crippen molar-refractivity contribution in [2.45, 2.75) is 6.92 Å². The van der Waals surface area contributed by atoms with Gasteiger partial charge in [0, 0.05) is 5.56 Å². The van der Waals surface area contributed by atoms with Crippen molar-refractivity contribution in [3.63, 3.8) is 0 Å². The van der Waals surface area contributed by atoms with Gasteiger partial charge in [-0.2, -0.15) is 5.10 Å². The minimum atomic E-state index is -0.347. The molecule has 0 unspecified atom stereocenters. The van der Waals surface area contributed by atoms with Gasteiger partial charge in [-0.1, -0.05) is 17.7 Å². The molecule has 7 heteroatoms. The highest BCUT2D eigenvalue weighted by molar-refractivity contribution is 6.32. The molecule has 0 atom stereocenters. The normalized spacial score (nSPS) is 10.6. The number of hydrogen-bond donors (Lipinski definition) is 1. The summed E-state index contributed by atoms with van der Waals surface area (Å²) in [5, 5.41) is 4.35. The maximum atomic E-state index is 12.1. The molecule has 0 radical (unpaired) electrons. The van der Waals surface area contributed by atoms with Crippen molar-refractivity contribution >= 4 is 23.7 Å². The van der Waals surface area contributed by atoms with Crippen molar-refractivity contribution in [1.29, 1.82) is 0 Å². The maximum absolute atomic E-state index is 12.1. The van der Waals surface area contributed by atoms with Gasteiger partial charge in [-0.3, -0.25) is 4.79 Å². The summed E-state index contributed by atoms with van der Waals surface area (Å²) in [6.45, 7) is 2.34. The number of nitrogens with one attached hydrogen (secondary N) is 1. The third kappa shape index (κ3) is 4.87. The summed E-state index contributed by atoms with van der Waals surface area (Å²) in [5.74, 6) is 1.22. The summed E-state index contributed by atoms with van der Waals surface area (Å²) < 4.78 is 15.8. The van der Waals surface area contributed by atoms with Gasteiger partial charge in [-0.25, -0.2) is 5.43 Å². The Labute approximate surface area is 151 Å². The Morgan fingerprint density at radius 2 is 2.04 bits per heavy atom. The average molecular weight is 363 g/mol. The number of methoxy groups -OCH3 is 2. The van der Waals surface area contributed by atoms with Crippen LogP contribution in [0, 0.1) is 0 Å². The lowest BCUT2D eigenvalue weighted by Crippen LogP contribution is -2.17. The van der Waals surface area contributed by atoms with Crippen molar-refractivity contribution in [2.24, 2.45) is 5.10 Å². The first kappa shape index (κ1) is 18.6. The lowest BCUT2D eigenvalue weighted by molar-refractivity contribution is 0.0955. The highest BCUT2D eigenvalue weighted by atomic mass is 35.5. The average Bonchev–Trinajstić information content (AvgIpc) is 2.62. The van der Waals surface area contributed by atoms with E-state index in [9.17, 15) is 4.79 Å². The van der Waals surface area contributed by atoms with E-state index in [1.165, 1.54) is 13.3 Å². The third-order valence-electron chi connectivity index (χ3n) is 3.25. The first-order valence-electron chi connectivity index (χ1n) is 7.56. The molecule has 0 spiro atoms.